The van der Waals surface area contributed by atoms with Crippen LogP contribution in [0.1, 0.15) is 10.4 Å². The fourth-order valence-electron chi connectivity index (χ4n) is 1.74. The van der Waals surface area contributed by atoms with Gasteiger partial charge in [0.15, 0.2) is 0 Å². The van der Waals surface area contributed by atoms with Crippen LogP contribution >= 0.6 is 15.9 Å². The van der Waals surface area contributed by atoms with Gasteiger partial charge in [0.1, 0.15) is 12.4 Å². The number of nitrogens with one attached hydrogen (secondary N) is 2. The van der Waals surface area contributed by atoms with Crippen molar-refractivity contribution in [3.05, 3.63) is 71.2 Å². The summed E-state index contributed by atoms with van der Waals surface area (Å²) in [5.41, 5.74) is 0.984. The van der Waals surface area contributed by atoms with E-state index in [9.17, 15) is 9.59 Å². The van der Waals surface area contributed by atoms with E-state index in [-0.39, 0.29) is 0 Å². The molecule has 118 valence electrons. The van der Waals surface area contributed by atoms with Crippen molar-refractivity contribution in [2.75, 3.05) is 11.9 Å². The van der Waals surface area contributed by atoms with Crippen LogP contribution in [0.25, 0.3) is 0 Å². The number of hydrogen-bond acceptors (Lipinski definition) is 3. The summed E-state index contributed by atoms with van der Waals surface area (Å²) in [5, 5.41) is 4.86. The predicted octanol–water partition coefficient (Wildman–Crippen LogP) is 3.94. The fourth-order valence-corrected chi connectivity index (χ4v) is 1.89. The highest BCUT2D eigenvalue weighted by molar-refractivity contribution is 9.11. The monoisotopic (exact) mass is 374 g/mol. The molecule has 0 fully saturated rings. The number of rotatable bonds is 5. The summed E-state index contributed by atoms with van der Waals surface area (Å²) in [6.45, 7) is 0.449. The van der Waals surface area contributed by atoms with Gasteiger partial charge in [-0.15, -0.1) is 0 Å². The van der Waals surface area contributed by atoms with Crippen molar-refractivity contribution in [2.45, 2.75) is 0 Å². The smallest absolute Gasteiger partial charge is 0.326 e. The first-order valence-corrected chi connectivity index (χ1v) is 7.76. The molecule has 0 saturated heterocycles. The first kappa shape index (κ1) is 16.8. The highest BCUT2D eigenvalue weighted by atomic mass is 79.9. The molecule has 0 aliphatic carbocycles. The topological polar surface area (TPSA) is 67.4 Å². The van der Waals surface area contributed by atoms with Crippen molar-refractivity contribution < 1.29 is 14.3 Å². The van der Waals surface area contributed by atoms with Gasteiger partial charge in [0.25, 0.3) is 5.91 Å². The lowest BCUT2D eigenvalue weighted by atomic mass is 10.2. The molecular formula is C17H15BrN2O3. The van der Waals surface area contributed by atoms with Crippen LogP contribution in [0, 0.1) is 0 Å². The van der Waals surface area contributed by atoms with Crippen molar-refractivity contribution in [1.29, 1.82) is 0 Å². The van der Waals surface area contributed by atoms with E-state index in [2.05, 4.69) is 26.6 Å². The second-order valence-electron chi connectivity index (χ2n) is 4.47. The summed E-state index contributed by atoms with van der Waals surface area (Å²) < 4.78 is 5.43. The molecule has 0 aliphatic heterocycles. The second-order valence-corrected chi connectivity index (χ2v) is 5.00. The Morgan fingerprint density at radius 1 is 1.04 bits per heavy atom. The average Bonchev–Trinajstić information content (AvgIpc) is 2.57. The molecule has 0 spiro atoms. The second kappa shape index (κ2) is 8.75. The van der Waals surface area contributed by atoms with Gasteiger partial charge in [-0.2, -0.15) is 0 Å². The van der Waals surface area contributed by atoms with Gasteiger partial charge in [0, 0.05) is 11.3 Å². The number of benzene rings is 2. The Hall–Kier alpha value is -2.60. The quantitative estimate of drug-likeness (QED) is 0.832. The number of urea groups is 1. The standard InChI is InChI=1S/C17H15BrN2O3/c18-11-4-12-23-15-9-7-14(8-10-15)19-17(22)20-16(21)13-5-2-1-3-6-13/h1-11H,12H2,(H2,19,20,21,22). The zero-order chi connectivity index (χ0) is 16.5. The molecule has 3 amide bonds. The Balaban J connectivity index is 1.86. The lowest BCUT2D eigenvalue weighted by molar-refractivity contribution is 0.0967. The van der Waals surface area contributed by atoms with E-state index >= 15 is 0 Å². The van der Waals surface area contributed by atoms with E-state index in [4.69, 9.17) is 4.74 Å². The minimum Gasteiger partial charge on any atom is -0.490 e. The molecule has 5 nitrogen and oxygen atoms in total. The maximum absolute atomic E-state index is 11.8. The van der Waals surface area contributed by atoms with Gasteiger partial charge in [-0.1, -0.05) is 34.1 Å². The van der Waals surface area contributed by atoms with Crippen LogP contribution in [0.5, 0.6) is 5.75 Å². The van der Waals surface area contributed by atoms with E-state index in [1.807, 2.05) is 6.08 Å². The summed E-state index contributed by atoms with van der Waals surface area (Å²) in [7, 11) is 0. The molecule has 2 aromatic carbocycles. The molecule has 0 aromatic heterocycles. The number of hydrogen-bond donors (Lipinski definition) is 2. The molecule has 0 unspecified atom stereocenters. The lowest BCUT2D eigenvalue weighted by Crippen LogP contribution is -2.34. The van der Waals surface area contributed by atoms with Crippen molar-refractivity contribution in [2.24, 2.45) is 0 Å². The summed E-state index contributed by atoms with van der Waals surface area (Å²) >= 11 is 3.16. The van der Waals surface area contributed by atoms with Gasteiger partial charge in [0.2, 0.25) is 0 Å². The molecule has 0 heterocycles. The third-order valence-corrected chi connectivity index (χ3v) is 3.18. The normalized spacial score (nSPS) is 10.3. The molecule has 6 heteroatoms. The summed E-state index contributed by atoms with van der Waals surface area (Å²) in [6, 6.07) is 14.8. The number of ether oxygens (including phenoxy) is 1. The van der Waals surface area contributed by atoms with Crippen LogP contribution in [0.4, 0.5) is 10.5 Å². The number of amides is 3. The number of carbonyl (C=O) groups excluding carboxylic acids is 2. The summed E-state index contributed by atoms with van der Waals surface area (Å²) in [5.74, 6) is 0.228. The van der Waals surface area contributed by atoms with Crippen LogP contribution in [0.15, 0.2) is 65.7 Å². The molecule has 0 atom stereocenters. The van der Waals surface area contributed by atoms with Crippen molar-refractivity contribution in [3.8, 4) is 5.75 Å². The van der Waals surface area contributed by atoms with Crippen molar-refractivity contribution >= 4 is 33.6 Å². The Labute approximate surface area is 142 Å². The molecule has 0 radical (unpaired) electrons. The van der Waals surface area contributed by atoms with Crippen LogP contribution < -0.4 is 15.4 Å². The largest absolute Gasteiger partial charge is 0.490 e. The number of carbonyl (C=O) groups is 2. The summed E-state index contributed by atoms with van der Waals surface area (Å²) in [4.78, 5) is 25.4. The van der Waals surface area contributed by atoms with Gasteiger partial charge in [-0.05, 0) is 47.5 Å². The molecule has 2 N–H and O–H groups in total. The van der Waals surface area contributed by atoms with Gasteiger partial charge >= 0.3 is 6.03 Å². The average molecular weight is 375 g/mol. The lowest BCUT2D eigenvalue weighted by Gasteiger charge is -2.08. The van der Waals surface area contributed by atoms with Crippen molar-refractivity contribution in [3.63, 3.8) is 0 Å². The third kappa shape index (κ3) is 5.60. The van der Waals surface area contributed by atoms with Gasteiger partial charge in [0.05, 0.1) is 0 Å². The van der Waals surface area contributed by atoms with Gasteiger partial charge < -0.3 is 10.1 Å². The Morgan fingerprint density at radius 3 is 2.39 bits per heavy atom. The van der Waals surface area contributed by atoms with E-state index in [0.717, 1.165) is 0 Å². The molecule has 0 saturated carbocycles. The first-order valence-electron chi connectivity index (χ1n) is 6.84. The maximum atomic E-state index is 11.8. The maximum Gasteiger partial charge on any atom is 0.326 e. The predicted molar refractivity (Wildman–Crippen MR) is 92.9 cm³/mol. The van der Waals surface area contributed by atoms with Crippen LogP contribution in [0.2, 0.25) is 0 Å². The minimum absolute atomic E-state index is 0.422. The molecule has 2 rings (SSSR count). The first-order chi connectivity index (χ1) is 11.2. The third-order valence-electron chi connectivity index (χ3n) is 2.81. The zero-order valence-electron chi connectivity index (χ0n) is 12.2. The molecular weight excluding hydrogens is 360 g/mol. The SMILES string of the molecule is O=C(NC(=O)c1ccccc1)Nc1ccc(OCC=CBr)cc1. The highest BCUT2D eigenvalue weighted by Crippen LogP contribution is 2.15. The fraction of sp³-hybridized carbons (Fsp3) is 0.0588. The number of anilines is 1. The molecule has 0 aliphatic rings. The van der Waals surface area contributed by atoms with Crippen LogP contribution in [0.3, 0.4) is 0 Å². The van der Waals surface area contributed by atoms with E-state index < -0.39 is 11.9 Å². The summed E-state index contributed by atoms with van der Waals surface area (Å²) in [6.07, 6.45) is 1.81. The number of halogens is 1. The van der Waals surface area contributed by atoms with Gasteiger partial charge in [-0.3, -0.25) is 10.1 Å². The van der Waals surface area contributed by atoms with Crippen molar-refractivity contribution in [1.82, 2.24) is 5.32 Å². The van der Waals surface area contributed by atoms with Crippen LogP contribution in [-0.2, 0) is 0 Å². The Kier molecular flexibility index (Phi) is 6.38. The molecule has 0 bridgehead atoms. The van der Waals surface area contributed by atoms with Gasteiger partial charge in [-0.25, -0.2) is 4.79 Å². The molecule has 23 heavy (non-hydrogen) atoms. The zero-order valence-corrected chi connectivity index (χ0v) is 13.7. The Morgan fingerprint density at radius 2 is 1.74 bits per heavy atom. The molecule has 2 aromatic rings. The number of imide groups is 1. The Bertz CT molecular complexity index is 685. The van der Waals surface area contributed by atoms with E-state index in [0.29, 0.717) is 23.6 Å². The van der Waals surface area contributed by atoms with Crippen LogP contribution in [-0.4, -0.2) is 18.5 Å². The van der Waals surface area contributed by atoms with E-state index in [1.54, 1.807) is 59.6 Å². The minimum atomic E-state index is -0.588. The highest BCUT2D eigenvalue weighted by Gasteiger charge is 2.09. The van der Waals surface area contributed by atoms with E-state index in [1.165, 1.54) is 0 Å².